The Labute approximate surface area is 91.0 Å². The van der Waals surface area contributed by atoms with Crippen LogP contribution in [0.3, 0.4) is 0 Å². The molecule has 0 amide bonds. The topological polar surface area (TPSA) is 21.3 Å². The van der Waals surface area contributed by atoms with Gasteiger partial charge in [0.2, 0.25) is 0 Å². The molecule has 0 radical (unpaired) electrons. The van der Waals surface area contributed by atoms with Crippen LogP contribution in [0.2, 0.25) is 5.76 Å². The van der Waals surface area contributed by atoms with Crippen LogP contribution in [0.4, 0.5) is 0 Å². The van der Waals surface area contributed by atoms with Crippen LogP contribution in [0.15, 0.2) is 24.3 Å². The standard InChI is InChI=1S/C10H15GeNOS/c1-11(12-7-8-14-11)9-3-5-10(13-2)6-4-9/h3-6,12H,7-8H2,1-2H3. The second kappa shape index (κ2) is 4.17. The van der Waals surface area contributed by atoms with Crippen LogP contribution < -0.4 is 13.4 Å². The summed E-state index contributed by atoms with van der Waals surface area (Å²) in [6, 6.07) is 8.55. The molecule has 4 heteroatoms. The van der Waals surface area contributed by atoms with E-state index >= 15 is 0 Å². The van der Waals surface area contributed by atoms with Crippen molar-refractivity contribution in [2.45, 2.75) is 5.76 Å². The summed E-state index contributed by atoms with van der Waals surface area (Å²) >= 11 is -1.90. The minimum absolute atomic E-state index is 0.947. The third-order valence-corrected chi connectivity index (χ3v) is 15.4. The molecule has 1 unspecified atom stereocenters. The second-order valence-corrected chi connectivity index (χ2v) is 16.6. The number of methoxy groups -OCH3 is 1. The van der Waals surface area contributed by atoms with Gasteiger partial charge in [0, 0.05) is 0 Å². The van der Waals surface area contributed by atoms with Gasteiger partial charge in [0.15, 0.2) is 0 Å². The fourth-order valence-corrected chi connectivity index (χ4v) is 12.5. The van der Waals surface area contributed by atoms with Gasteiger partial charge in [-0.1, -0.05) is 0 Å². The number of hydrogen-bond acceptors (Lipinski definition) is 3. The Morgan fingerprint density at radius 1 is 1.36 bits per heavy atom. The number of rotatable bonds is 2. The fraction of sp³-hybridized carbons (Fsp3) is 0.400. The summed E-state index contributed by atoms with van der Waals surface area (Å²) in [5.41, 5.74) is 0. The molecule has 1 aliphatic rings. The molecule has 0 aromatic heterocycles. The van der Waals surface area contributed by atoms with Gasteiger partial charge in [-0.2, -0.15) is 0 Å². The third kappa shape index (κ3) is 1.94. The SMILES string of the molecule is COc1cc[c]([Ge]2([CH3])[NH]CC[S]2)cc1. The number of nitrogens with one attached hydrogen (secondary N) is 1. The van der Waals surface area contributed by atoms with Crippen LogP contribution in [-0.2, 0) is 0 Å². The van der Waals surface area contributed by atoms with E-state index < -0.39 is 12.3 Å². The Morgan fingerprint density at radius 3 is 2.57 bits per heavy atom. The van der Waals surface area contributed by atoms with Crippen molar-refractivity contribution < 1.29 is 4.74 Å². The maximum atomic E-state index is 5.16. The molecule has 1 aliphatic heterocycles. The monoisotopic (exact) mass is 271 g/mol. The van der Waals surface area contributed by atoms with Crippen LogP contribution >= 0.6 is 10.1 Å². The summed E-state index contributed by atoms with van der Waals surface area (Å²) < 4.78 is 10.4. The van der Waals surface area contributed by atoms with Crippen molar-refractivity contribution in [1.82, 2.24) is 4.27 Å². The molecule has 0 saturated carbocycles. The van der Waals surface area contributed by atoms with Crippen LogP contribution in [0.1, 0.15) is 0 Å². The maximum absolute atomic E-state index is 5.16. The van der Waals surface area contributed by atoms with Crippen molar-refractivity contribution >= 4 is 26.8 Å². The van der Waals surface area contributed by atoms with E-state index in [9.17, 15) is 0 Å². The molecular weight excluding hydrogens is 255 g/mol. The second-order valence-electron chi connectivity index (χ2n) is 3.54. The fourth-order valence-electron chi connectivity index (χ4n) is 1.69. The Hall–Kier alpha value is -0.127. The van der Waals surface area contributed by atoms with Crippen LogP contribution in [0.5, 0.6) is 5.75 Å². The molecule has 14 heavy (non-hydrogen) atoms. The van der Waals surface area contributed by atoms with Gasteiger partial charge in [-0.15, -0.1) is 0 Å². The van der Waals surface area contributed by atoms with Gasteiger partial charge in [0.05, 0.1) is 0 Å². The van der Waals surface area contributed by atoms with Crippen molar-refractivity contribution in [1.29, 1.82) is 0 Å². The molecule has 1 atom stereocenters. The summed E-state index contributed by atoms with van der Waals surface area (Å²) in [4.78, 5) is 0. The third-order valence-electron chi connectivity index (χ3n) is 2.60. The molecule has 2 nitrogen and oxygen atoms in total. The first-order valence-corrected chi connectivity index (χ1v) is 12.5. The van der Waals surface area contributed by atoms with E-state index in [4.69, 9.17) is 4.74 Å². The number of hydrogen-bond donors (Lipinski definition) is 1. The molecule has 0 spiro atoms. The summed E-state index contributed by atoms with van der Waals surface area (Å²) in [5, 5.41) is 0. The first-order valence-electron chi connectivity index (χ1n) is 4.78. The molecule has 1 fully saturated rings. The molecule has 2 rings (SSSR count). The molecule has 0 aliphatic carbocycles. The zero-order valence-corrected chi connectivity index (χ0v) is 11.5. The van der Waals surface area contributed by atoms with Gasteiger partial charge in [-0.25, -0.2) is 0 Å². The Bertz CT molecular complexity index is 308. The normalized spacial score (nSPS) is 26.4. The van der Waals surface area contributed by atoms with Crippen LogP contribution in [0.25, 0.3) is 0 Å². The Morgan fingerprint density at radius 2 is 2.07 bits per heavy atom. The van der Waals surface area contributed by atoms with E-state index in [-0.39, 0.29) is 0 Å². The first kappa shape index (κ1) is 10.4. The molecule has 1 aromatic carbocycles. The van der Waals surface area contributed by atoms with Crippen molar-refractivity contribution in [3.05, 3.63) is 24.3 Å². The predicted molar refractivity (Wildman–Crippen MR) is 64.7 cm³/mol. The van der Waals surface area contributed by atoms with Crippen molar-refractivity contribution in [3.63, 3.8) is 0 Å². The zero-order valence-electron chi connectivity index (χ0n) is 8.54. The van der Waals surface area contributed by atoms with Gasteiger partial charge in [0.1, 0.15) is 0 Å². The van der Waals surface area contributed by atoms with Crippen molar-refractivity contribution in [3.8, 4) is 5.75 Å². The van der Waals surface area contributed by atoms with E-state index in [0.717, 1.165) is 5.75 Å². The molecule has 1 saturated heterocycles. The molecule has 0 bridgehead atoms. The van der Waals surface area contributed by atoms with Crippen LogP contribution in [0, 0.1) is 0 Å². The molecule has 1 heterocycles. The van der Waals surface area contributed by atoms with Gasteiger partial charge in [-0.05, 0) is 0 Å². The zero-order chi connectivity index (χ0) is 10.0. The Balaban J connectivity index is 2.23. The van der Waals surface area contributed by atoms with Gasteiger partial charge in [-0.3, -0.25) is 0 Å². The van der Waals surface area contributed by atoms with Gasteiger partial charge >= 0.3 is 91.0 Å². The number of benzene rings is 1. The van der Waals surface area contributed by atoms with Crippen molar-refractivity contribution in [2.24, 2.45) is 0 Å². The molecule has 76 valence electrons. The van der Waals surface area contributed by atoms with E-state index in [0.29, 0.717) is 0 Å². The predicted octanol–water partition coefficient (Wildman–Crippen LogP) is 1.31. The van der Waals surface area contributed by atoms with E-state index in [1.807, 2.05) is 0 Å². The quantitative estimate of drug-likeness (QED) is 0.819. The van der Waals surface area contributed by atoms with Crippen LogP contribution in [-0.4, -0.2) is 31.8 Å². The average Bonchev–Trinajstić information content (AvgIpc) is 2.67. The number of ether oxygens (including phenoxy) is 1. The molecular formula is C10H15GeNOS. The molecule has 1 aromatic rings. The van der Waals surface area contributed by atoms with Gasteiger partial charge in [0.25, 0.3) is 0 Å². The minimum atomic E-state index is -1.90. The average molecular weight is 270 g/mol. The summed E-state index contributed by atoms with van der Waals surface area (Å²) in [6.07, 6.45) is 0. The summed E-state index contributed by atoms with van der Waals surface area (Å²) in [7, 11) is 3.86. The van der Waals surface area contributed by atoms with Crippen molar-refractivity contribution in [2.75, 3.05) is 19.4 Å². The first-order chi connectivity index (χ1) is 6.74. The van der Waals surface area contributed by atoms with Gasteiger partial charge < -0.3 is 0 Å². The van der Waals surface area contributed by atoms with E-state index in [1.165, 1.54) is 16.7 Å². The molecule has 1 N–H and O–H groups in total. The summed E-state index contributed by atoms with van der Waals surface area (Å²) in [5.74, 6) is 4.63. The Kier molecular flexibility index (Phi) is 3.09. The van der Waals surface area contributed by atoms with E-state index in [1.54, 1.807) is 7.11 Å². The summed E-state index contributed by atoms with van der Waals surface area (Å²) in [6.45, 7) is 1.17. The van der Waals surface area contributed by atoms with E-state index in [2.05, 4.69) is 44.4 Å².